The van der Waals surface area contributed by atoms with Gasteiger partial charge in [0.1, 0.15) is 11.4 Å². The van der Waals surface area contributed by atoms with Gasteiger partial charge < -0.3 is 20.7 Å². The molecule has 1 saturated heterocycles. The second kappa shape index (κ2) is 13.1. The van der Waals surface area contributed by atoms with Crippen LogP contribution < -0.4 is 16.5 Å². The monoisotopic (exact) mass is 511 g/mol. The van der Waals surface area contributed by atoms with Crippen LogP contribution >= 0.6 is 11.8 Å². The molecule has 35 heavy (non-hydrogen) atoms. The van der Waals surface area contributed by atoms with Crippen LogP contribution in [-0.2, 0) is 19.1 Å². The van der Waals surface area contributed by atoms with Gasteiger partial charge in [-0.15, -0.1) is 11.8 Å². The number of aliphatic imine (C=N–C) groups is 1. The standard InChI is InChI=1S/C19H25N7O8S/c1-34-18(29)14(6-3-8-21-19(20)23-26(32)33)22-15(27)7-9-24-16(28)11-35-17(24)12-4-2-5-13(10-12)25(30)31/h2,4-5,10,14,17H,3,6-9,11H2,1H3,(H,22,27)(H3,20,21,23)/t14-,17?/m0/s1. The van der Waals surface area contributed by atoms with Gasteiger partial charge in [-0.05, 0) is 18.4 Å². The van der Waals surface area contributed by atoms with Gasteiger partial charge in [-0.2, -0.15) is 0 Å². The Morgan fingerprint density at radius 2 is 2.11 bits per heavy atom. The Bertz CT molecular complexity index is 1010. The normalized spacial score (nSPS) is 16.5. The molecular formula is C19H25N7O8S. The minimum Gasteiger partial charge on any atom is -0.467 e. The molecule has 1 aromatic carbocycles. The second-order valence-corrected chi connectivity index (χ2v) is 8.34. The first-order valence-electron chi connectivity index (χ1n) is 10.4. The molecule has 1 aromatic rings. The van der Waals surface area contributed by atoms with Crippen molar-refractivity contribution in [2.75, 3.05) is 26.0 Å². The highest BCUT2D eigenvalue weighted by molar-refractivity contribution is 8.00. The molecule has 1 heterocycles. The third-order valence-electron chi connectivity index (χ3n) is 4.87. The number of guanidine groups is 1. The molecule has 2 rings (SSSR count). The summed E-state index contributed by atoms with van der Waals surface area (Å²) in [6.45, 7) is 0.118. The van der Waals surface area contributed by atoms with Crippen LogP contribution in [0.5, 0.6) is 0 Å². The Hall–Kier alpha value is -3.95. The van der Waals surface area contributed by atoms with Crippen molar-refractivity contribution < 1.29 is 29.1 Å². The van der Waals surface area contributed by atoms with E-state index >= 15 is 0 Å². The summed E-state index contributed by atoms with van der Waals surface area (Å²) in [6.07, 6.45) is 0.307. The number of benzene rings is 1. The van der Waals surface area contributed by atoms with Crippen molar-refractivity contribution in [2.45, 2.75) is 30.7 Å². The van der Waals surface area contributed by atoms with Gasteiger partial charge in [-0.1, -0.05) is 17.6 Å². The number of amides is 2. The van der Waals surface area contributed by atoms with Crippen molar-refractivity contribution in [2.24, 2.45) is 10.7 Å². The summed E-state index contributed by atoms with van der Waals surface area (Å²) in [5.74, 6) is -1.60. The fourth-order valence-electron chi connectivity index (χ4n) is 3.27. The number of non-ortho nitro benzene ring substituents is 1. The molecule has 0 spiro atoms. The molecular weight excluding hydrogens is 486 g/mol. The molecule has 15 nitrogen and oxygen atoms in total. The van der Waals surface area contributed by atoms with Gasteiger partial charge in [0.2, 0.25) is 11.8 Å². The molecule has 2 amide bonds. The van der Waals surface area contributed by atoms with E-state index in [2.05, 4.69) is 10.3 Å². The van der Waals surface area contributed by atoms with Crippen molar-refractivity contribution in [1.29, 1.82) is 0 Å². The smallest absolute Gasteiger partial charge is 0.328 e. The predicted molar refractivity (Wildman–Crippen MR) is 124 cm³/mol. The minimum absolute atomic E-state index is 0.0479. The SMILES string of the molecule is COC(=O)[C@H](CCCN=C(N)N[N+](=O)[O-])NC(=O)CCN1C(=O)CSC1c1cccc([N+](=O)[O-])c1. The number of hydrogen-bond acceptors (Lipinski definition) is 10. The van der Waals surface area contributed by atoms with Gasteiger partial charge in [0.25, 0.3) is 11.6 Å². The summed E-state index contributed by atoms with van der Waals surface area (Å²) < 4.78 is 4.71. The molecule has 0 radical (unpaired) electrons. The van der Waals surface area contributed by atoms with Crippen molar-refractivity contribution in [3.05, 3.63) is 50.1 Å². The fraction of sp³-hybridized carbons (Fsp3) is 0.474. The van der Waals surface area contributed by atoms with Crippen molar-refractivity contribution >= 4 is 41.2 Å². The van der Waals surface area contributed by atoms with Gasteiger partial charge in [-0.3, -0.25) is 19.7 Å². The van der Waals surface area contributed by atoms with Crippen LogP contribution in [0.1, 0.15) is 30.2 Å². The third-order valence-corrected chi connectivity index (χ3v) is 6.13. The summed E-state index contributed by atoms with van der Waals surface area (Å²) in [5, 5.41) is 22.6. The van der Waals surface area contributed by atoms with E-state index in [-0.39, 0.29) is 55.7 Å². The second-order valence-electron chi connectivity index (χ2n) is 7.27. The van der Waals surface area contributed by atoms with E-state index < -0.39 is 33.2 Å². The Balaban J connectivity index is 1.93. The lowest BCUT2D eigenvalue weighted by molar-refractivity contribution is -0.525. The average Bonchev–Trinajstić information content (AvgIpc) is 3.18. The highest BCUT2D eigenvalue weighted by Gasteiger charge is 2.34. The molecule has 4 N–H and O–H groups in total. The number of rotatable bonds is 12. The summed E-state index contributed by atoms with van der Waals surface area (Å²) in [5.41, 5.74) is 7.48. The van der Waals surface area contributed by atoms with E-state index in [1.165, 1.54) is 42.0 Å². The van der Waals surface area contributed by atoms with E-state index in [1.807, 2.05) is 0 Å². The summed E-state index contributed by atoms with van der Waals surface area (Å²) in [4.78, 5) is 62.9. The van der Waals surface area contributed by atoms with Crippen molar-refractivity contribution in [3.8, 4) is 0 Å². The fourth-order valence-corrected chi connectivity index (χ4v) is 4.48. The summed E-state index contributed by atoms with van der Waals surface area (Å²) in [6, 6.07) is 4.98. The lowest BCUT2D eigenvalue weighted by Gasteiger charge is -2.24. The minimum atomic E-state index is -0.983. The number of hydrazine groups is 1. The Morgan fingerprint density at radius 1 is 1.37 bits per heavy atom. The van der Waals surface area contributed by atoms with E-state index in [0.717, 1.165) is 0 Å². The Kier molecular flexibility index (Phi) is 10.2. The van der Waals surface area contributed by atoms with E-state index in [9.17, 15) is 34.6 Å². The first-order valence-corrected chi connectivity index (χ1v) is 11.4. The van der Waals surface area contributed by atoms with E-state index in [1.54, 1.807) is 11.5 Å². The first kappa shape index (κ1) is 27.3. The lowest BCUT2D eigenvalue weighted by Crippen LogP contribution is -2.43. The van der Waals surface area contributed by atoms with Crippen molar-refractivity contribution in [3.63, 3.8) is 0 Å². The molecule has 0 aromatic heterocycles. The number of hydrogen-bond donors (Lipinski definition) is 3. The number of nitro groups is 2. The molecule has 2 atom stereocenters. The number of nitrogens with two attached hydrogens (primary N) is 1. The maximum Gasteiger partial charge on any atom is 0.328 e. The average molecular weight is 512 g/mol. The van der Waals surface area contributed by atoms with Crippen LogP contribution in [0.2, 0.25) is 0 Å². The van der Waals surface area contributed by atoms with Gasteiger partial charge in [0.05, 0.1) is 17.8 Å². The van der Waals surface area contributed by atoms with Gasteiger partial charge in [0.15, 0.2) is 5.03 Å². The number of nitro benzene ring substituents is 1. The van der Waals surface area contributed by atoms with Gasteiger partial charge in [0, 0.05) is 31.6 Å². The zero-order valence-electron chi connectivity index (χ0n) is 18.7. The van der Waals surface area contributed by atoms with Crippen LogP contribution in [-0.4, -0.2) is 70.6 Å². The largest absolute Gasteiger partial charge is 0.467 e. The van der Waals surface area contributed by atoms with E-state index in [0.29, 0.717) is 5.56 Å². The van der Waals surface area contributed by atoms with Gasteiger partial charge >= 0.3 is 5.97 Å². The van der Waals surface area contributed by atoms with Crippen molar-refractivity contribution in [1.82, 2.24) is 15.6 Å². The van der Waals surface area contributed by atoms with Crippen LogP contribution in [0, 0.1) is 20.2 Å². The van der Waals surface area contributed by atoms with Crippen LogP contribution in [0.15, 0.2) is 29.3 Å². The van der Waals surface area contributed by atoms with E-state index in [4.69, 9.17) is 10.5 Å². The number of carbonyl (C=O) groups is 3. The molecule has 190 valence electrons. The maximum atomic E-state index is 12.5. The number of nitrogens with one attached hydrogen (secondary N) is 2. The predicted octanol–water partition coefficient (Wildman–Crippen LogP) is 0.0929. The molecule has 1 fully saturated rings. The number of methoxy groups -OCH3 is 1. The highest BCUT2D eigenvalue weighted by Crippen LogP contribution is 2.39. The summed E-state index contributed by atoms with van der Waals surface area (Å²) >= 11 is 1.30. The molecule has 0 bridgehead atoms. The van der Waals surface area contributed by atoms with Gasteiger partial charge in [-0.25, -0.2) is 19.9 Å². The topological polar surface area (TPSA) is 212 Å². The lowest BCUT2D eigenvalue weighted by atomic mass is 10.1. The zero-order valence-corrected chi connectivity index (χ0v) is 19.6. The Morgan fingerprint density at radius 3 is 2.77 bits per heavy atom. The number of esters is 1. The number of ether oxygens (including phenoxy) is 1. The number of nitrogens with zero attached hydrogens (tertiary/aromatic N) is 4. The maximum absolute atomic E-state index is 12.5. The molecule has 1 aliphatic rings. The molecule has 0 aliphatic carbocycles. The quantitative estimate of drug-likeness (QED) is 0.0854. The van der Waals surface area contributed by atoms with Crippen LogP contribution in [0.25, 0.3) is 0 Å². The van der Waals surface area contributed by atoms with Crippen LogP contribution in [0.3, 0.4) is 0 Å². The Labute approximate surface area is 203 Å². The molecule has 1 aliphatic heterocycles. The highest BCUT2D eigenvalue weighted by atomic mass is 32.2. The number of carbonyl (C=O) groups excluding carboxylic acids is 3. The number of thioether (sulfide) groups is 1. The third kappa shape index (κ3) is 8.40. The zero-order chi connectivity index (χ0) is 26.0. The molecule has 0 saturated carbocycles. The molecule has 1 unspecified atom stereocenters. The first-order chi connectivity index (χ1) is 16.6. The summed E-state index contributed by atoms with van der Waals surface area (Å²) in [7, 11) is 1.17. The van der Waals surface area contributed by atoms with Crippen LogP contribution in [0.4, 0.5) is 5.69 Å². The molecule has 16 heteroatoms.